The summed E-state index contributed by atoms with van der Waals surface area (Å²) in [7, 11) is 0. The Morgan fingerprint density at radius 2 is 1.74 bits per heavy atom. The molecule has 3 aromatic carbocycles. The van der Waals surface area contributed by atoms with Gasteiger partial charge in [0.2, 0.25) is 11.8 Å². The molecule has 2 amide bonds. The molecule has 9 nitrogen and oxygen atoms in total. The fourth-order valence-corrected chi connectivity index (χ4v) is 4.95. The average molecular weight is 604 g/mol. The molecule has 4 rings (SSSR count). The van der Waals surface area contributed by atoms with E-state index in [-0.39, 0.29) is 34.3 Å². The second kappa shape index (κ2) is 12.9. The highest BCUT2D eigenvalue weighted by Gasteiger charge is 2.37. The second-order valence-corrected chi connectivity index (χ2v) is 9.96. The maximum absolute atomic E-state index is 14.5. The zero-order valence-corrected chi connectivity index (χ0v) is 22.5. The van der Waals surface area contributed by atoms with Gasteiger partial charge in [0.05, 0.1) is 30.0 Å². The van der Waals surface area contributed by atoms with Crippen LogP contribution in [-0.2, 0) is 20.9 Å². The Morgan fingerprint density at radius 3 is 2.40 bits per heavy atom. The Balaban J connectivity index is 1.66. The van der Waals surface area contributed by atoms with Gasteiger partial charge in [0, 0.05) is 17.7 Å². The number of amidine groups is 1. The van der Waals surface area contributed by atoms with Crippen LogP contribution in [-0.4, -0.2) is 50.8 Å². The van der Waals surface area contributed by atoms with Crippen LogP contribution in [0.15, 0.2) is 59.6 Å². The van der Waals surface area contributed by atoms with Gasteiger partial charge in [-0.3, -0.25) is 14.5 Å². The number of anilines is 1. The molecule has 1 aliphatic rings. The Hall–Kier alpha value is -4.72. The Bertz CT molecular complexity index is 1600. The van der Waals surface area contributed by atoms with Gasteiger partial charge in [-0.25, -0.2) is 32.1 Å². The van der Waals surface area contributed by atoms with Crippen molar-refractivity contribution >= 4 is 52.1 Å². The number of esters is 1. The van der Waals surface area contributed by atoms with E-state index < -0.39 is 70.8 Å². The fourth-order valence-electron chi connectivity index (χ4n) is 3.85. The number of benzene rings is 3. The molecule has 1 atom stereocenters. The number of rotatable bonds is 8. The normalized spacial score (nSPS) is 15.9. The lowest BCUT2D eigenvalue weighted by atomic mass is 10.1. The number of aromatic carboxylic acids is 1. The largest absolute Gasteiger partial charge is 0.478 e. The van der Waals surface area contributed by atoms with Crippen molar-refractivity contribution in [3.63, 3.8) is 0 Å². The van der Waals surface area contributed by atoms with Crippen LogP contribution in [0, 0.1) is 23.3 Å². The van der Waals surface area contributed by atoms with Gasteiger partial charge >= 0.3 is 11.9 Å². The molecular weight excluding hydrogens is 582 g/mol. The van der Waals surface area contributed by atoms with Gasteiger partial charge < -0.3 is 15.2 Å². The third kappa shape index (κ3) is 6.77. The molecule has 2 N–H and O–H groups in total. The molecule has 0 unspecified atom stereocenters. The number of hydrogen-bond acceptors (Lipinski definition) is 7. The van der Waals surface area contributed by atoms with Crippen LogP contribution >= 0.6 is 11.8 Å². The smallest absolute Gasteiger partial charge is 0.338 e. The summed E-state index contributed by atoms with van der Waals surface area (Å²) in [5.74, 6) is -10.6. The fraction of sp³-hybridized carbons (Fsp3) is 0.179. The third-order valence-corrected chi connectivity index (χ3v) is 7.11. The van der Waals surface area contributed by atoms with E-state index in [4.69, 9.17) is 4.74 Å². The molecule has 1 heterocycles. The van der Waals surface area contributed by atoms with Crippen LogP contribution < -0.4 is 5.32 Å². The zero-order valence-electron chi connectivity index (χ0n) is 21.7. The van der Waals surface area contributed by atoms with Crippen LogP contribution in [0.3, 0.4) is 0 Å². The number of halogens is 4. The SMILES string of the molecule is CCOC(=O)c1ccc(N=C2S[C@@H](C(=O)Nc3cccc(C(=O)O)c3)CC(=O)N2Cc2cc(F)c(F)c(F)c2F)cc1. The van der Waals surface area contributed by atoms with Crippen molar-refractivity contribution in [3.8, 4) is 0 Å². The lowest BCUT2D eigenvalue weighted by Crippen LogP contribution is -2.45. The van der Waals surface area contributed by atoms with E-state index in [1.54, 1.807) is 6.92 Å². The number of amides is 2. The minimum atomic E-state index is -2.05. The number of aliphatic imine (C=N–C) groups is 1. The predicted octanol–water partition coefficient (Wildman–Crippen LogP) is 5.28. The van der Waals surface area contributed by atoms with Gasteiger partial charge in [-0.05, 0) is 55.5 Å². The molecule has 0 spiro atoms. The molecule has 0 aromatic heterocycles. The van der Waals surface area contributed by atoms with E-state index in [0.717, 1.165) is 16.7 Å². The van der Waals surface area contributed by atoms with Crippen LogP contribution in [0.5, 0.6) is 0 Å². The van der Waals surface area contributed by atoms with Crippen LogP contribution in [0.2, 0.25) is 0 Å². The van der Waals surface area contributed by atoms with Crippen molar-refractivity contribution in [2.24, 2.45) is 4.99 Å². The first-order chi connectivity index (χ1) is 20.0. The van der Waals surface area contributed by atoms with E-state index in [9.17, 15) is 41.8 Å². The van der Waals surface area contributed by atoms with Gasteiger partial charge in [0.1, 0.15) is 5.25 Å². The summed E-state index contributed by atoms with van der Waals surface area (Å²) in [5, 5.41) is 10.5. The van der Waals surface area contributed by atoms with Crippen molar-refractivity contribution in [1.82, 2.24) is 4.90 Å². The van der Waals surface area contributed by atoms with E-state index in [1.807, 2.05) is 0 Å². The first-order valence-electron chi connectivity index (χ1n) is 12.3. The minimum absolute atomic E-state index is 0.0827. The number of ether oxygens (including phenoxy) is 1. The number of carboxylic acid groups (broad SMARTS) is 1. The predicted molar refractivity (Wildman–Crippen MR) is 144 cm³/mol. The van der Waals surface area contributed by atoms with Crippen molar-refractivity contribution < 1.29 is 46.6 Å². The summed E-state index contributed by atoms with van der Waals surface area (Å²) >= 11 is 0.782. The first kappa shape index (κ1) is 30.2. The highest BCUT2D eigenvalue weighted by atomic mass is 32.2. The number of carbonyl (C=O) groups is 4. The maximum Gasteiger partial charge on any atom is 0.338 e. The number of nitrogens with one attached hydrogen (secondary N) is 1. The molecule has 0 saturated carbocycles. The molecule has 1 fully saturated rings. The quantitative estimate of drug-likeness (QED) is 0.155. The van der Waals surface area contributed by atoms with Crippen molar-refractivity contribution in [2.45, 2.75) is 25.1 Å². The van der Waals surface area contributed by atoms with Gasteiger partial charge in [0.25, 0.3) is 0 Å². The van der Waals surface area contributed by atoms with E-state index in [2.05, 4.69) is 10.3 Å². The third-order valence-electron chi connectivity index (χ3n) is 5.92. The van der Waals surface area contributed by atoms with Gasteiger partial charge in [-0.15, -0.1) is 0 Å². The number of carbonyl (C=O) groups excluding carboxylic acids is 3. The second-order valence-electron chi connectivity index (χ2n) is 8.79. The highest BCUT2D eigenvalue weighted by Crippen LogP contribution is 2.32. The topological polar surface area (TPSA) is 125 Å². The Kier molecular flexibility index (Phi) is 9.25. The average Bonchev–Trinajstić information content (AvgIpc) is 2.96. The van der Waals surface area contributed by atoms with Crippen LogP contribution in [0.25, 0.3) is 0 Å². The monoisotopic (exact) mass is 603 g/mol. The lowest BCUT2D eigenvalue weighted by molar-refractivity contribution is -0.129. The summed E-state index contributed by atoms with van der Waals surface area (Å²) < 4.78 is 60.7. The minimum Gasteiger partial charge on any atom is -0.478 e. The van der Waals surface area contributed by atoms with E-state index in [0.29, 0.717) is 6.07 Å². The van der Waals surface area contributed by atoms with Crippen molar-refractivity contribution in [3.05, 3.63) is 94.6 Å². The molecule has 14 heteroatoms. The summed E-state index contributed by atoms with van der Waals surface area (Å²) in [5.41, 5.74) is -0.178. The molecular formula is C28H21F4N3O6S. The molecule has 0 aliphatic carbocycles. The summed E-state index contributed by atoms with van der Waals surface area (Å²) in [6, 6.07) is 11.5. The standard InChI is InChI=1S/C28H21F4N3O6S/c1-2-41-27(40)14-6-8-17(9-7-14)34-28-35(13-16-11-19(29)23(31)24(32)22(16)30)21(36)12-20(42-28)25(37)33-18-5-3-4-15(10-18)26(38)39/h3-11,20H,2,12-13H2,1H3,(H,33,37)(H,38,39)/t20-/m1/s1. The zero-order chi connectivity index (χ0) is 30.6. The van der Waals surface area contributed by atoms with Gasteiger partial charge in [-0.2, -0.15) is 0 Å². The Morgan fingerprint density at radius 1 is 1.02 bits per heavy atom. The maximum atomic E-state index is 14.5. The Labute approximate surface area is 240 Å². The number of carboxylic acids is 1. The van der Waals surface area contributed by atoms with E-state index in [1.165, 1.54) is 48.5 Å². The first-order valence-corrected chi connectivity index (χ1v) is 13.2. The summed E-state index contributed by atoms with van der Waals surface area (Å²) in [4.78, 5) is 54.7. The lowest BCUT2D eigenvalue weighted by Gasteiger charge is -2.32. The van der Waals surface area contributed by atoms with E-state index >= 15 is 0 Å². The summed E-state index contributed by atoms with van der Waals surface area (Å²) in [6.07, 6.45) is -0.441. The number of nitrogens with zero attached hydrogens (tertiary/aromatic N) is 2. The van der Waals surface area contributed by atoms with Gasteiger partial charge in [-0.1, -0.05) is 17.8 Å². The van der Waals surface area contributed by atoms with Crippen molar-refractivity contribution in [2.75, 3.05) is 11.9 Å². The molecule has 1 saturated heterocycles. The van der Waals surface area contributed by atoms with Crippen molar-refractivity contribution in [1.29, 1.82) is 0 Å². The van der Waals surface area contributed by atoms with Crippen LogP contribution in [0.4, 0.5) is 28.9 Å². The molecule has 218 valence electrons. The number of thioether (sulfide) groups is 1. The molecule has 0 bridgehead atoms. The molecule has 1 aliphatic heterocycles. The highest BCUT2D eigenvalue weighted by molar-refractivity contribution is 8.15. The molecule has 3 aromatic rings. The molecule has 0 radical (unpaired) electrons. The summed E-state index contributed by atoms with van der Waals surface area (Å²) in [6.45, 7) is 1.06. The van der Waals surface area contributed by atoms with Gasteiger partial charge in [0.15, 0.2) is 28.4 Å². The number of hydrogen-bond donors (Lipinski definition) is 2. The van der Waals surface area contributed by atoms with Crippen LogP contribution in [0.1, 0.15) is 39.6 Å². The molecule has 42 heavy (non-hydrogen) atoms.